The van der Waals surface area contributed by atoms with Crippen molar-refractivity contribution in [1.82, 2.24) is 9.88 Å². The van der Waals surface area contributed by atoms with E-state index in [0.29, 0.717) is 25.9 Å². The number of pyridine rings is 1. The molecule has 27 heavy (non-hydrogen) atoms. The molecule has 1 fully saturated rings. The second-order valence-corrected chi connectivity index (χ2v) is 6.95. The lowest BCUT2D eigenvalue weighted by Gasteiger charge is -2.25. The van der Waals surface area contributed by atoms with Crippen molar-refractivity contribution >= 4 is 5.91 Å². The van der Waals surface area contributed by atoms with E-state index in [4.69, 9.17) is 14.2 Å². The van der Waals surface area contributed by atoms with Crippen molar-refractivity contribution in [1.29, 1.82) is 0 Å². The quantitative estimate of drug-likeness (QED) is 0.752. The Bertz CT molecular complexity index is 775. The Morgan fingerprint density at radius 3 is 2.78 bits per heavy atom. The largest absolute Gasteiger partial charge is 0.454 e. The fourth-order valence-electron chi connectivity index (χ4n) is 3.50. The molecule has 2 aliphatic heterocycles. The Kier molecular flexibility index (Phi) is 5.53. The van der Waals surface area contributed by atoms with Crippen LogP contribution in [0.15, 0.2) is 42.7 Å². The van der Waals surface area contributed by atoms with Crippen LogP contribution in [0, 0.1) is 0 Å². The van der Waals surface area contributed by atoms with Crippen molar-refractivity contribution in [2.75, 3.05) is 19.9 Å². The topological polar surface area (TPSA) is 60.9 Å². The molecule has 142 valence electrons. The third-order valence-corrected chi connectivity index (χ3v) is 4.99. The number of nitrogens with zero attached hydrogens (tertiary/aromatic N) is 2. The van der Waals surface area contributed by atoms with Gasteiger partial charge >= 0.3 is 0 Å². The van der Waals surface area contributed by atoms with Gasteiger partial charge in [0.1, 0.15) is 0 Å². The summed E-state index contributed by atoms with van der Waals surface area (Å²) < 4.78 is 16.5. The number of hydrogen-bond donors (Lipinski definition) is 0. The van der Waals surface area contributed by atoms with E-state index in [2.05, 4.69) is 4.98 Å². The van der Waals surface area contributed by atoms with E-state index in [1.165, 1.54) is 0 Å². The highest BCUT2D eigenvalue weighted by Gasteiger charge is 2.23. The zero-order chi connectivity index (χ0) is 18.5. The van der Waals surface area contributed by atoms with Crippen LogP contribution in [-0.4, -0.2) is 41.8 Å². The van der Waals surface area contributed by atoms with Gasteiger partial charge in [0, 0.05) is 38.5 Å². The summed E-state index contributed by atoms with van der Waals surface area (Å²) in [5.74, 6) is 1.66. The van der Waals surface area contributed by atoms with Crippen molar-refractivity contribution in [2.24, 2.45) is 0 Å². The molecule has 1 aromatic carbocycles. The van der Waals surface area contributed by atoms with Crippen LogP contribution in [-0.2, 0) is 22.5 Å². The Hall–Kier alpha value is -2.60. The van der Waals surface area contributed by atoms with Gasteiger partial charge in [-0.3, -0.25) is 9.78 Å². The first-order valence-electron chi connectivity index (χ1n) is 9.45. The molecule has 1 aromatic heterocycles. The van der Waals surface area contributed by atoms with Gasteiger partial charge in [-0.25, -0.2) is 0 Å². The van der Waals surface area contributed by atoms with Gasteiger partial charge in [-0.2, -0.15) is 0 Å². The average Bonchev–Trinajstić information content (AvgIpc) is 3.37. The van der Waals surface area contributed by atoms with Gasteiger partial charge in [-0.15, -0.1) is 0 Å². The van der Waals surface area contributed by atoms with E-state index in [1.807, 2.05) is 35.2 Å². The van der Waals surface area contributed by atoms with Gasteiger partial charge < -0.3 is 19.1 Å². The fraction of sp³-hybridized carbons (Fsp3) is 0.429. The van der Waals surface area contributed by atoms with E-state index in [9.17, 15) is 4.79 Å². The standard InChI is InChI=1S/C21H24N2O4/c24-21(6-4-16-3-5-19-20(12-16)27-15-26-19)23(14-18-2-1-11-25-18)13-17-7-9-22-10-8-17/h3,5,7-10,12,18H,1-2,4,6,11,13-15H2/t18-/m0/s1. The van der Waals surface area contributed by atoms with Crippen LogP contribution >= 0.6 is 0 Å². The van der Waals surface area contributed by atoms with Gasteiger partial charge in [0.15, 0.2) is 11.5 Å². The van der Waals surface area contributed by atoms with Crippen LogP contribution < -0.4 is 9.47 Å². The highest BCUT2D eigenvalue weighted by Crippen LogP contribution is 2.32. The predicted molar refractivity (Wildman–Crippen MR) is 99.5 cm³/mol. The summed E-state index contributed by atoms with van der Waals surface area (Å²) in [6, 6.07) is 9.77. The van der Waals surface area contributed by atoms with Crippen molar-refractivity contribution in [3.63, 3.8) is 0 Å². The number of aromatic nitrogens is 1. The minimum absolute atomic E-state index is 0.139. The summed E-state index contributed by atoms with van der Waals surface area (Å²) in [4.78, 5) is 18.9. The van der Waals surface area contributed by atoms with E-state index in [0.717, 1.165) is 42.1 Å². The van der Waals surface area contributed by atoms with Gasteiger partial charge in [0.2, 0.25) is 12.7 Å². The Morgan fingerprint density at radius 1 is 1.11 bits per heavy atom. The molecule has 0 spiro atoms. The predicted octanol–water partition coefficient (Wildman–Crippen LogP) is 2.95. The molecule has 0 bridgehead atoms. The monoisotopic (exact) mass is 368 g/mol. The maximum Gasteiger partial charge on any atom is 0.231 e. The fourth-order valence-corrected chi connectivity index (χ4v) is 3.50. The molecule has 0 saturated carbocycles. The van der Waals surface area contributed by atoms with Crippen LogP contribution in [0.4, 0.5) is 0 Å². The molecule has 2 aliphatic rings. The summed E-state index contributed by atoms with van der Waals surface area (Å²) >= 11 is 0. The number of ether oxygens (including phenoxy) is 3. The summed E-state index contributed by atoms with van der Waals surface area (Å²) in [5.41, 5.74) is 2.16. The van der Waals surface area contributed by atoms with Crippen molar-refractivity contribution < 1.29 is 19.0 Å². The Balaban J connectivity index is 1.39. The van der Waals surface area contributed by atoms with Crippen LogP contribution in [0.3, 0.4) is 0 Å². The molecule has 2 aromatic rings. The van der Waals surface area contributed by atoms with E-state index in [1.54, 1.807) is 12.4 Å². The van der Waals surface area contributed by atoms with Crippen molar-refractivity contribution in [3.8, 4) is 11.5 Å². The van der Waals surface area contributed by atoms with E-state index < -0.39 is 0 Å². The molecule has 6 nitrogen and oxygen atoms in total. The minimum Gasteiger partial charge on any atom is -0.454 e. The number of hydrogen-bond acceptors (Lipinski definition) is 5. The van der Waals surface area contributed by atoms with E-state index in [-0.39, 0.29) is 18.8 Å². The number of benzene rings is 1. The molecule has 0 radical (unpaired) electrons. The van der Waals surface area contributed by atoms with Crippen LogP contribution in [0.25, 0.3) is 0 Å². The number of carbonyl (C=O) groups excluding carboxylic acids is 1. The lowest BCUT2D eigenvalue weighted by Crippen LogP contribution is -2.37. The maximum absolute atomic E-state index is 12.9. The highest BCUT2D eigenvalue weighted by atomic mass is 16.7. The molecule has 1 atom stereocenters. The molecule has 0 N–H and O–H groups in total. The summed E-state index contributed by atoms with van der Waals surface area (Å²) in [5, 5.41) is 0. The maximum atomic E-state index is 12.9. The number of rotatable bonds is 7. The van der Waals surface area contributed by atoms with Crippen molar-refractivity contribution in [2.45, 2.75) is 38.3 Å². The SMILES string of the molecule is O=C(CCc1ccc2c(c1)OCO2)N(Cc1ccncc1)C[C@@H]1CCCO1. The molecule has 4 rings (SSSR count). The molecule has 1 amide bonds. The first-order chi connectivity index (χ1) is 13.3. The number of fused-ring (bicyclic) bond motifs is 1. The smallest absolute Gasteiger partial charge is 0.231 e. The number of amides is 1. The first-order valence-corrected chi connectivity index (χ1v) is 9.45. The third-order valence-electron chi connectivity index (χ3n) is 4.99. The molecule has 6 heteroatoms. The molecule has 0 unspecified atom stereocenters. The van der Waals surface area contributed by atoms with Gasteiger partial charge in [0.25, 0.3) is 0 Å². The Morgan fingerprint density at radius 2 is 1.96 bits per heavy atom. The second-order valence-electron chi connectivity index (χ2n) is 6.95. The first kappa shape index (κ1) is 17.8. The highest BCUT2D eigenvalue weighted by molar-refractivity contribution is 5.76. The van der Waals surface area contributed by atoms with Crippen LogP contribution in [0.1, 0.15) is 30.4 Å². The lowest BCUT2D eigenvalue weighted by molar-refractivity contribution is -0.133. The third kappa shape index (κ3) is 4.57. The summed E-state index contributed by atoms with van der Waals surface area (Å²) in [6.07, 6.45) is 6.88. The van der Waals surface area contributed by atoms with Crippen LogP contribution in [0.5, 0.6) is 11.5 Å². The molecule has 3 heterocycles. The number of aryl methyl sites for hydroxylation is 1. The normalized spacial score (nSPS) is 17.9. The zero-order valence-corrected chi connectivity index (χ0v) is 15.3. The van der Waals surface area contributed by atoms with E-state index >= 15 is 0 Å². The second kappa shape index (κ2) is 8.39. The lowest BCUT2D eigenvalue weighted by atomic mass is 10.1. The Labute approximate surface area is 159 Å². The van der Waals surface area contributed by atoms with Crippen LogP contribution in [0.2, 0.25) is 0 Å². The minimum atomic E-state index is 0.139. The van der Waals surface area contributed by atoms with Gasteiger partial charge in [-0.1, -0.05) is 6.07 Å². The molecular formula is C21H24N2O4. The average molecular weight is 368 g/mol. The molecule has 1 saturated heterocycles. The van der Waals surface area contributed by atoms with Gasteiger partial charge in [-0.05, 0) is 54.7 Å². The summed E-state index contributed by atoms with van der Waals surface area (Å²) in [7, 11) is 0. The summed E-state index contributed by atoms with van der Waals surface area (Å²) in [6.45, 7) is 2.28. The molecular weight excluding hydrogens is 344 g/mol. The van der Waals surface area contributed by atoms with Crippen molar-refractivity contribution in [3.05, 3.63) is 53.9 Å². The molecule has 0 aliphatic carbocycles. The van der Waals surface area contributed by atoms with Gasteiger partial charge in [0.05, 0.1) is 6.10 Å². The zero-order valence-electron chi connectivity index (χ0n) is 15.3. The number of carbonyl (C=O) groups is 1.